The summed E-state index contributed by atoms with van der Waals surface area (Å²) < 4.78 is 5.36. The highest BCUT2D eigenvalue weighted by Gasteiger charge is 2.17. The molecule has 7 heteroatoms. The average molecular weight is 368 g/mol. The zero-order valence-corrected chi connectivity index (χ0v) is 15.5. The van der Waals surface area contributed by atoms with Crippen molar-refractivity contribution in [3.63, 3.8) is 0 Å². The minimum absolute atomic E-state index is 0. The fourth-order valence-corrected chi connectivity index (χ4v) is 2.74. The Hall–Kier alpha value is -2.99. The molecule has 3 heterocycles. The van der Waals surface area contributed by atoms with Crippen LogP contribution in [0.15, 0.2) is 47.1 Å². The topological polar surface area (TPSA) is 76.7 Å². The van der Waals surface area contributed by atoms with Gasteiger partial charge in [0, 0.05) is 23.0 Å². The zero-order chi connectivity index (χ0) is 17.4. The lowest BCUT2D eigenvalue weighted by Crippen LogP contribution is -1.98. The van der Waals surface area contributed by atoms with Crippen LogP contribution in [0.1, 0.15) is 17.1 Å². The maximum Gasteiger partial charge on any atom is 0.261 e. The second-order valence-corrected chi connectivity index (χ2v) is 6.01. The number of pyridine rings is 2. The highest BCUT2D eigenvalue weighted by Crippen LogP contribution is 2.34. The molecule has 0 aliphatic heterocycles. The third-order valence-corrected chi connectivity index (χ3v) is 3.91. The SMILES string of the molecule is Cc1cccc(Nc2c(-c3nc(C)no3)cnc3nc(C)ccc23)c1.Cl. The van der Waals surface area contributed by atoms with Gasteiger partial charge in [0.15, 0.2) is 11.5 Å². The normalized spacial score (nSPS) is 10.6. The number of nitrogens with zero attached hydrogens (tertiary/aromatic N) is 4. The summed E-state index contributed by atoms with van der Waals surface area (Å²) in [4.78, 5) is 13.3. The molecule has 0 atom stereocenters. The molecule has 1 aromatic carbocycles. The molecule has 0 bridgehead atoms. The number of fused-ring (bicyclic) bond motifs is 1. The number of benzene rings is 1. The van der Waals surface area contributed by atoms with E-state index in [9.17, 15) is 0 Å². The first-order chi connectivity index (χ1) is 12.1. The molecule has 0 radical (unpaired) electrons. The van der Waals surface area contributed by atoms with Crippen LogP contribution in [0, 0.1) is 20.8 Å². The first-order valence-corrected chi connectivity index (χ1v) is 8.01. The van der Waals surface area contributed by atoms with E-state index in [-0.39, 0.29) is 12.4 Å². The molecule has 4 aromatic rings. The van der Waals surface area contributed by atoms with Crippen molar-refractivity contribution in [3.8, 4) is 11.5 Å². The standard InChI is InChI=1S/C19H17N5O.ClH/c1-11-5-4-6-14(9-11)23-17-15-8-7-12(2)21-18(15)20-10-16(17)19-22-13(3)24-25-19;/h4-10H,1-3H3,(H,20,21,23);1H. The highest BCUT2D eigenvalue weighted by atomic mass is 35.5. The van der Waals surface area contributed by atoms with Crippen LogP contribution in [-0.4, -0.2) is 20.1 Å². The van der Waals surface area contributed by atoms with Crippen molar-refractivity contribution in [1.82, 2.24) is 20.1 Å². The molecule has 0 aliphatic rings. The number of rotatable bonds is 3. The third kappa shape index (κ3) is 3.36. The van der Waals surface area contributed by atoms with Crippen molar-refractivity contribution in [2.75, 3.05) is 5.32 Å². The van der Waals surface area contributed by atoms with Gasteiger partial charge in [-0.25, -0.2) is 9.97 Å². The molecular weight excluding hydrogens is 350 g/mol. The quantitative estimate of drug-likeness (QED) is 0.562. The summed E-state index contributed by atoms with van der Waals surface area (Å²) >= 11 is 0. The van der Waals surface area contributed by atoms with Gasteiger partial charge in [0.2, 0.25) is 0 Å². The lowest BCUT2D eigenvalue weighted by molar-refractivity contribution is 0.425. The van der Waals surface area contributed by atoms with E-state index in [4.69, 9.17) is 4.52 Å². The Kier molecular flexibility index (Phi) is 4.86. The van der Waals surface area contributed by atoms with Crippen LogP contribution < -0.4 is 5.32 Å². The lowest BCUT2D eigenvalue weighted by atomic mass is 10.1. The molecule has 0 saturated heterocycles. The van der Waals surface area contributed by atoms with Crippen molar-refractivity contribution in [3.05, 3.63) is 59.7 Å². The fraction of sp³-hybridized carbons (Fsp3) is 0.158. The van der Waals surface area contributed by atoms with E-state index in [2.05, 4.69) is 44.5 Å². The van der Waals surface area contributed by atoms with Gasteiger partial charge in [-0.15, -0.1) is 12.4 Å². The van der Waals surface area contributed by atoms with Gasteiger partial charge in [-0.3, -0.25) is 0 Å². The van der Waals surface area contributed by atoms with Gasteiger partial charge < -0.3 is 9.84 Å². The van der Waals surface area contributed by atoms with E-state index in [0.717, 1.165) is 28.0 Å². The minimum atomic E-state index is 0. The molecule has 26 heavy (non-hydrogen) atoms. The number of anilines is 2. The van der Waals surface area contributed by atoms with Crippen LogP contribution in [0.4, 0.5) is 11.4 Å². The van der Waals surface area contributed by atoms with E-state index in [0.29, 0.717) is 17.4 Å². The monoisotopic (exact) mass is 367 g/mol. The molecule has 0 fully saturated rings. The van der Waals surface area contributed by atoms with Crippen LogP contribution in [0.5, 0.6) is 0 Å². The van der Waals surface area contributed by atoms with Crippen LogP contribution in [0.3, 0.4) is 0 Å². The molecule has 132 valence electrons. The Morgan fingerprint density at radius 3 is 2.58 bits per heavy atom. The van der Waals surface area contributed by atoms with Gasteiger partial charge in [-0.05, 0) is 50.6 Å². The molecule has 0 spiro atoms. The molecule has 0 amide bonds. The Bertz CT molecular complexity index is 1080. The van der Waals surface area contributed by atoms with Crippen LogP contribution in [0.2, 0.25) is 0 Å². The van der Waals surface area contributed by atoms with E-state index >= 15 is 0 Å². The zero-order valence-electron chi connectivity index (χ0n) is 14.6. The number of aromatic nitrogens is 4. The number of halogens is 1. The fourth-order valence-electron chi connectivity index (χ4n) is 2.74. The van der Waals surface area contributed by atoms with Crippen molar-refractivity contribution in [2.24, 2.45) is 0 Å². The van der Waals surface area contributed by atoms with Crippen molar-refractivity contribution in [1.29, 1.82) is 0 Å². The summed E-state index contributed by atoms with van der Waals surface area (Å²) in [6.45, 7) is 5.80. The lowest BCUT2D eigenvalue weighted by Gasteiger charge is -2.13. The first kappa shape index (κ1) is 17.8. The van der Waals surface area contributed by atoms with Gasteiger partial charge in [0.1, 0.15) is 0 Å². The number of nitrogens with one attached hydrogen (secondary N) is 1. The summed E-state index contributed by atoms with van der Waals surface area (Å²) in [5.74, 6) is 1.02. The first-order valence-electron chi connectivity index (χ1n) is 8.01. The molecular formula is C19H18ClN5O. The van der Waals surface area contributed by atoms with Crippen molar-refractivity contribution < 1.29 is 4.52 Å². The van der Waals surface area contributed by atoms with Gasteiger partial charge in [-0.2, -0.15) is 4.98 Å². The van der Waals surface area contributed by atoms with Crippen LogP contribution in [-0.2, 0) is 0 Å². The van der Waals surface area contributed by atoms with Gasteiger partial charge in [-0.1, -0.05) is 17.3 Å². The number of aryl methyl sites for hydroxylation is 3. The molecule has 1 N–H and O–H groups in total. The minimum Gasteiger partial charge on any atom is -0.354 e. The molecule has 6 nitrogen and oxygen atoms in total. The maximum atomic E-state index is 5.36. The van der Waals surface area contributed by atoms with Gasteiger partial charge in [0.05, 0.1) is 11.3 Å². The summed E-state index contributed by atoms with van der Waals surface area (Å²) in [6, 6.07) is 12.1. The Labute approximate surface area is 157 Å². The Morgan fingerprint density at radius 1 is 1.00 bits per heavy atom. The van der Waals surface area contributed by atoms with E-state index < -0.39 is 0 Å². The summed E-state index contributed by atoms with van der Waals surface area (Å²) in [5.41, 5.74) is 5.35. The van der Waals surface area contributed by atoms with E-state index in [1.807, 2.05) is 31.2 Å². The highest BCUT2D eigenvalue weighted by molar-refractivity contribution is 5.98. The largest absolute Gasteiger partial charge is 0.354 e. The van der Waals surface area contributed by atoms with Gasteiger partial charge in [0.25, 0.3) is 5.89 Å². The molecule has 0 aliphatic carbocycles. The van der Waals surface area contributed by atoms with E-state index in [1.54, 1.807) is 13.1 Å². The third-order valence-electron chi connectivity index (χ3n) is 3.91. The van der Waals surface area contributed by atoms with Crippen molar-refractivity contribution in [2.45, 2.75) is 20.8 Å². The van der Waals surface area contributed by atoms with Crippen LogP contribution >= 0.6 is 12.4 Å². The Morgan fingerprint density at radius 2 is 1.85 bits per heavy atom. The number of hydrogen-bond acceptors (Lipinski definition) is 6. The second-order valence-electron chi connectivity index (χ2n) is 6.01. The Balaban J connectivity index is 0.00000196. The van der Waals surface area contributed by atoms with Crippen LogP contribution in [0.25, 0.3) is 22.5 Å². The summed E-state index contributed by atoms with van der Waals surface area (Å²) in [6.07, 6.45) is 1.72. The maximum absolute atomic E-state index is 5.36. The predicted octanol–water partition coefficient (Wildman–Crippen LogP) is 4.77. The molecule has 0 unspecified atom stereocenters. The molecule has 3 aromatic heterocycles. The predicted molar refractivity (Wildman–Crippen MR) is 104 cm³/mol. The summed E-state index contributed by atoms with van der Waals surface area (Å²) in [5, 5.41) is 8.27. The smallest absolute Gasteiger partial charge is 0.261 e. The number of hydrogen-bond donors (Lipinski definition) is 1. The van der Waals surface area contributed by atoms with Crippen molar-refractivity contribution >= 4 is 34.8 Å². The molecule has 0 saturated carbocycles. The van der Waals surface area contributed by atoms with E-state index in [1.165, 1.54) is 5.56 Å². The summed E-state index contributed by atoms with van der Waals surface area (Å²) in [7, 11) is 0. The average Bonchev–Trinajstić information content (AvgIpc) is 3.01. The molecule has 4 rings (SSSR count). The second kappa shape index (κ2) is 7.09. The van der Waals surface area contributed by atoms with Gasteiger partial charge >= 0.3 is 0 Å².